The molecule has 1 amide bonds. The largest absolute Gasteiger partial charge is 0.349 e. The Kier molecular flexibility index (Phi) is 5.10. The van der Waals surface area contributed by atoms with E-state index in [0.717, 1.165) is 5.56 Å². The number of carbonyl (C=O) groups excluding carboxylic acids is 1. The Morgan fingerprint density at radius 2 is 2.18 bits per heavy atom. The van der Waals surface area contributed by atoms with E-state index < -0.39 is 0 Å². The van der Waals surface area contributed by atoms with Crippen molar-refractivity contribution in [1.29, 1.82) is 0 Å². The fourth-order valence-electron chi connectivity index (χ4n) is 1.51. The number of hydrogen-bond acceptors (Lipinski definition) is 2. The fourth-order valence-corrected chi connectivity index (χ4v) is 1.51. The third-order valence-corrected chi connectivity index (χ3v) is 2.64. The van der Waals surface area contributed by atoms with Crippen LogP contribution in [-0.4, -0.2) is 31.4 Å². The molecule has 0 aliphatic rings. The van der Waals surface area contributed by atoms with Crippen molar-refractivity contribution in [1.82, 2.24) is 10.2 Å². The molecule has 0 unspecified atom stereocenters. The topological polar surface area (TPSA) is 32.3 Å². The molecule has 0 aliphatic heterocycles. The first kappa shape index (κ1) is 13.6. The van der Waals surface area contributed by atoms with Crippen molar-refractivity contribution in [3.8, 4) is 0 Å². The van der Waals surface area contributed by atoms with Crippen LogP contribution in [0.15, 0.2) is 24.3 Å². The number of nitrogens with one attached hydrogen (secondary N) is 1. The van der Waals surface area contributed by atoms with Crippen molar-refractivity contribution in [3.63, 3.8) is 0 Å². The van der Waals surface area contributed by atoms with Gasteiger partial charge in [-0.25, -0.2) is 4.39 Å². The van der Waals surface area contributed by atoms with Crippen LogP contribution < -0.4 is 5.32 Å². The number of carbonyl (C=O) groups is 1. The van der Waals surface area contributed by atoms with E-state index in [-0.39, 0.29) is 17.8 Å². The highest BCUT2D eigenvalue weighted by Crippen LogP contribution is 2.13. The van der Waals surface area contributed by atoms with E-state index in [2.05, 4.69) is 5.32 Å². The van der Waals surface area contributed by atoms with E-state index in [4.69, 9.17) is 0 Å². The number of amides is 1. The second-order valence-corrected chi connectivity index (χ2v) is 4.27. The van der Waals surface area contributed by atoms with E-state index in [1.807, 2.05) is 13.0 Å². The van der Waals surface area contributed by atoms with Gasteiger partial charge < -0.3 is 10.2 Å². The van der Waals surface area contributed by atoms with Crippen molar-refractivity contribution in [2.75, 3.05) is 20.6 Å². The quantitative estimate of drug-likeness (QED) is 0.850. The Labute approximate surface area is 102 Å². The number of halogens is 1. The lowest BCUT2D eigenvalue weighted by molar-refractivity contribution is -0.128. The van der Waals surface area contributed by atoms with Gasteiger partial charge in [-0.1, -0.05) is 12.1 Å². The molecule has 0 aliphatic carbocycles. The number of nitrogens with zero attached hydrogens (tertiary/aromatic N) is 1. The summed E-state index contributed by atoms with van der Waals surface area (Å²) in [4.78, 5) is 12.9. The average molecular weight is 238 g/mol. The third kappa shape index (κ3) is 4.53. The zero-order chi connectivity index (χ0) is 12.8. The molecular weight excluding hydrogens is 219 g/mol. The van der Waals surface area contributed by atoms with Gasteiger partial charge in [-0.3, -0.25) is 4.79 Å². The van der Waals surface area contributed by atoms with E-state index in [9.17, 15) is 9.18 Å². The summed E-state index contributed by atoms with van der Waals surface area (Å²) in [5.41, 5.74) is 0.891. The molecule has 0 fully saturated rings. The minimum atomic E-state index is -0.236. The standard InChI is InChI=1S/C13H19FN2O/c1-10(11-5-4-6-12(14)9-11)15-8-7-13(17)16(2)3/h4-6,9-10,15H,7-8H2,1-3H3/t10-/m0/s1. The van der Waals surface area contributed by atoms with Gasteiger partial charge in [0.1, 0.15) is 5.82 Å². The number of benzene rings is 1. The summed E-state index contributed by atoms with van der Waals surface area (Å²) in [5, 5.41) is 3.20. The van der Waals surface area contributed by atoms with Gasteiger partial charge in [0.05, 0.1) is 0 Å². The zero-order valence-electron chi connectivity index (χ0n) is 10.5. The zero-order valence-corrected chi connectivity index (χ0v) is 10.5. The number of rotatable bonds is 5. The molecule has 1 aromatic carbocycles. The van der Waals surface area contributed by atoms with Gasteiger partial charge >= 0.3 is 0 Å². The SMILES string of the molecule is C[C@H](NCCC(=O)N(C)C)c1cccc(F)c1. The maximum Gasteiger partial charge on any atom is 0.223 e. The third-order valence-electron chi connectivity index (χ3n) is 2.64. The Morgan fingerprint density at radius 3 is 2.76 bits per heavy atom. The Morgan fingerprint density at radius 1 is 1.47 bits per heavy atom. The van der Waals surface area contributed by atoms with Gasteiger partial charge in [0, 0.05) is 33.1 Å². The summed E-state index contributed by atoms with van der Waals surface area (Å²) < 4.78 is 13.0. The molecule has 1 aromatic rings. The van der Waals surface area contributed by atoms with Crippen LogP contribution in [-0.2, 0) is 4.79 Å². The summed E-state index contributed by atoms with van der Waals surface area (Å²) in [5.74, 6) is -0.149. The molecule has 17 heavy (non-hydrogen) atoms. The number of hydrogen-bond donors (Lipinski definition) is 1. The highest BCUT2D eigenvalue weighted by molar-refractivity contribution is 5.75. The summed E-state index contributed by atoms with van der Waals surface area (Å²) in [6, 6.07) is 6.53. The summed E-state index contributed by atoms with van der Waals surface area (Å²) in [6.07, 6.45) is 0.451. The smallest absolute Gasteiger partial charge is 0.223 e. The molecular formula is C13H19FN2O. The van der Waals surface area contributed by atoms with Gasteiger partial charge in [-0.05, 0) is 24.6 Å². The summed E-state index contributed by atoms with van der Waals surface area (Å²) >= 11 is 0. The molecule has 0 saturated heterocycles. The Bertz CT molecular complexity index is 379. The normalized spacial score (nSPS) is 12.2. The molecule has 0 spiro atoms. The van der Waals surface area contributed by atoms with Crippen molar-refractivity contribution >= 4 is 5.91 Å². The minimum Gasteiger partial charge on any atom is -0.349 e. The van der Waals surface area contributed by atoms with Crippen LogP contribution in [0.4, 0.5) is 4.39 Å². The second kappa shape index (κ2) is 6.35. The maximum atomic E-state index is 13.0. The predicted molar refractivity (Wildman–Crippen MR) is 66.1 cm³/mol. The highest BCUT2D eigenvalue weighted by atomic mass is 19.1. The van der Waals surface area contributed by atoms with Crippen molar-refractivity contribution in [3.05, 3.63) is 35.6 Å². The first-order valence-corrected chi connectivity index (χ1v) is 5.69. The maximum absolute atomic E-state index is 13.0. The molecule has 0 bridgehead atoms. The minimum absolute atomic E-state index is 0.0423. The molecule has 4 heteroatoms. The first-order chi connectivity index (χ1) is 8.00. The average Bonchev–Trinajstić information content (AvgIpc) is 2.28. The van der Waals surface area contributed by atoms with Gasteiger partial charge in [0.2, 0.25) is 5.91 Å². The lowest BCUT2D eigenvalue weighted by Gasteiger charge is -2.15. The first-order valence-electron chi connectivity index (χ1n) is 5.69. The van der Waals surface area contributed by atoms with Gasteiger partial charge in [0.15, 0.2) is 0 Å². The van der Waals surface area contributed by atoms with Crippen molar-refractivity contribution < 1.29 is 9.18 Å². The Hall–Kier alpha value is -1.42. The van der Waals surface area contributed by atoms with Crippen LogP contribution in [0.2, 0.25) is 0 Å². The van der Waals surface area contributed by atoms with Gasteiger partial charge in [-0.15, -0.1) is 0 Å². The molecule has 0 saturated carbocycles. The predicted octanol–water partition coefficient (Wildman–Crippen LogP) is 1.95. The van der Waals surface area contributed by atoms with E-state index in [1.54, 1.807) is 25.1 Å². The monoisotopic (exact) mass is 238 g/mol. The summed E-state index contributed by atoms with van der Waals surface area (Å²) in [7, 11) is 3.47. The molecule has 1 atom stereocenters. The van der Waals surface area contributed by atoms with E-state index >= 15 is 0 Å². The van der Waals surface area contributed by atoms with Crippen LogP contribution in [0.3, 0.4) is 0 Å². The fraction of sp³-hybridized carbons (Fsp3) is 0.462. The molecule has 0 aromatic heterocycles. The summed E-state index contributed by atoms with van der Waals surface area (Å²) in [6.45, 7) is 2.55. The second-order valence-electron chi connectivity index (χ2n) is 4.27. The molecule has 1 rings (SSSR count). The molecule has 0 radical (unpaired) electrons. The van der Waals surface area contributed by atoms with Gasteiger partial charge in [0.25, 0.3) is 0 Å². The van der Waals surface area contributed by atoms with Crippen LogP contribution in [0.1, 0.15) is 24.9 Å². The van der Waals surface area contributed by atoms with Crippen LogP contribution in [0, 0.1) is 5.82 Å². The van der Waals surface area contributed by atoms with Gasteiger partial charge in [-0.2, -0.15) is 0 Å². The lowest BCUT2D eigenvalue weighted by Crippen LogP contribution is -2.28. The van der Waals surface area contributed by atoms with Crippen molar-refractivity contribution in [2.45, 2.75) is 19.4 Å². The van der Waals surface area contributed by atoms with Crippen LogP contribution in [0.5, 0.6) is 0 Å². The van der Waals surface area contributed by atoms with Crippen LogP contribution >= 0.6 is 0 Å². The Balaban J connectivity index is 2.40. The van der Waals surface area contributed by atoms with E-state index in [0.29, 0.717) is 13.0 Å². The molecule has 94 valence electrons. The van der Waals surface area contributed by atoms with Crippen molar-refractivity contribution in [2.24, 2.45) is 0 Å². The lowest BCUT2D eigenvalue weighted by atomic mass is 10.1. The molecule has 1 N–H and O–H groups in total. The molecule has 3 nitrogen and oxygen atoms in total. The molecule has 0 heterocycles. The van der Waals surface area contributed by atoms with E-state index in [1.165, 1.54) is 12.1 Å². The van der Waals surface area contributed by atoms with Crippen LogP contribution in [0.25, 0.3) is 0 Å². The highest BCUT2D eigenvalue weighted by Gasteiger charge is 2.07.